The maximum absolute atomic E-state index is 12.7. The van der Waals surface area contributed by atoms with Gasteiger partial charge in [0, 0.05) is 18.5 Å². The van der Waals surface area contributed by atoms with E-state index < -0.39 is 15.9 Å². The maximum atomic E-state index is 12.7. The molecule has 1 aromatic carbocycles. The molecule has 1 aromatic heterocycles. The lowest BCUT2D eigenvalue weighted by Gasteiger charge is -2.19. The number of hydrogen-bond donors (Lipinski definition) is 1. The molecule has 1 amide bonds. The number of sulfonamides is 1. The molecular weight excluding hydrogens is 362 g/mol. The van der Waals surface area contributed by atoms with Crippen LogP contribution in [0, 0.1) is 6.92 Å². The van der Waals surface area contributed by atoms with E-state index in [1.165, 1.54) is 41.0 Å². The van der Waals surface area contributed by atoms with Crippen LogP contribution in [0.5, 0.6) is 5.75 Å². The summed E-state index contributed by atoms with van der Waals surface area (Å²) in [7, 11) is -2.24. The number of aryl methyl sites for hydroxylation is 1. The third-order valence-electron chi connectivity index (χ3n) is 3.60. The second kappa shape index (κ2) is 7.94. The Balaban J connectivity index is 2.41. The van der Waals surface area contributed by atoms with Gasteiger partial charge >= 0.3 is 0 Å². The Kier molecular flexibility index (Phi) is 6.15. The highest BCUT2D eigenvalue weighted by atomic mass is 32.2. The molecule has 0 radical (unpaired) electrons. The Morgan fingerprint density at radius 3 is 2.52 bits per heavy atom. The van der Waals surface area contributed by atoms with E-state index in [2.05, 4.69) is 10.3 Å². The second-order valence-corrected chi connectivity index (χ2v) is 8.00. The molecule has 2 rings (SSSR count). The Morgan fingerprint density at radius 1 is 1.32 bits per heavy atom. The summed E-state index contributed by atoms with van der Waals surface area (Å²) in [5.74, 6) is -0.174. The van der Waals surface area contributed by atoms with Crippen LogP contribution in [0.4, 0.5) is 5.13 Å². The molecule has 2 aromatic rings. The first kappa shape index (κ1) is 19.4. The second-order valence-electron chi connectivity index (χ2n) is 5.20. The average molecular weight is 383 g/mol. The van der Waals surface area contributed by atoms with Crippen LogP contribution >= 0.6 is 11.3 Å². The van der Waals surface area contributed by atoms with E-state index in [1.807, 2.05) is 12.3 Å². The monoisotopic (exact) mass is 383 g/mol. The molecule has 25 heavy (non-hydrogen) atoms. The van der Waals surface area contributed by atoms with E-state index in [9.17, 15) is 13.2 Å². The van der Waals surface area contributed by atoms with Gasteiger partial charge in [0.25, 0.3) is 5.91 Å². The van der Waals surface area contributed by atoms with Gasteiger partial charge in [-0.2, -0.15) is 4.31 Å². The number of aromatic nitrogens is 1. The molecule has 0 atom stereocenters. The molecule has 0 bridgehead atoms. The van der Waals surface area contributed by atoms with E-state index in [0.29, 0.717) is 24.0 Å². The van der Waals surface area contributed by atoms with E-state index in [1.54, 1.807) is 13.8 Å². The smallest absolute Gasteiger partial charge is 0.261 e. The van der Waals surface area contributed by atoms with Crippen molar-refractivity contribution < 1.29 is 17.9 Å². The number of amides is 1. The number of nitrogens with zero attached hydrogens (tertiary/aromatic N) is 2. The van der Waals surface area contributed by atoms with Crippen molar-refractivity contribution in [2.75, 3.05) is 25.5 Å². The van der Waals surface area contributed by atoms with E-state index in [0.717, 1.165) is 5.69 Å². The summed E-state index contributed by atoms with van der Waals surface area (Å²) in [4.78, 5) is 16.8. The van der Waals surface area contributed by atoms with Crippen LogP contribution in [0.3, 0.4) is 0 Å². The molecule has 0 unspecified atom stereocenters. The normalized spacial score (nSPS) is 11.6. The van der Waals surface area contributed by atoms with Gasteiger partial charge in [-0.3, -0.25) is 10.1 Å². The molecule has 0 saturated carbocycles. The van der Waals surface area contributed by atoms with Gasteiger partial charge in [-0.1, -0.05) is 13.8 Å². The first-order valence-electron chi connectivity index (χ1n) is 7.75. The molecular formula is C16H21N3O4S2. The van der Waals surface area contributed by atoms with Gasteiger partial charge in [0.05, 0.1) is 23.3 Å². The van der Waals surface area contributed by atoms with Crippen LogP contribution in [-0.2, 0) is 10.0 Å². The molecule has 9 heteroatoms. The van der Waals surface area contributed by atoms with Gasteiger partial charge in [0.2, 0.25) is 10.0 Å². The van der Waals surface area contributed by atoms with Crippen LogP contribution in [-0.4, -0.2) is 43.8 Å². The first-order chi connectivity index (χ1) is 11.8. The predicted molar refractivity (Wildman–Crippen MR) is 97.9 cm³/mol. The summed E-state index contributed by atoms with van der Waals surface area (Å²) < 4.78 is 31.9. The summed E-state index contributed by atoms with van der Waals surface area (Å²) in [6.45, 7) is 6.06. The van der Waals surface area contributed by atoms with Gasteiger partial charge in [0.15, 0.2) is 5.13 Å². The van der Waals surface area contributed by atoms with Crippen molar-refractivity contribution in [3.8, 4) is 5.75 Å². The van der Waals surface area contributed by atoms with Crippen LogP contribution in [0.1, 0.15) is 29.9 Å². The van der Waals surface area contributed by atoms with Gasteiger partial charge in [-0.25, -0.2) is 13.4 Å². The molecule has 0 spiro atoms. The molecule has 1 heterocycles. The standard InChI is InChI=1S/C16H21N3O4S2/c1-5-19(6-2)25(21,22)12-7-8-14(23-4)13(9-12)15(20)18-16-17-11(3)10-24-16/h7-10H,5-6H2,1-4H3,(H,17,18,20). The molecule has 0 saturated heterocycles. The largest absolute Gasteiger partial charge is 0.496 e. The van der Waals surface area contributed by atoms with Crippen LogP contribution in [0.25, 0.3) is 0 Å². The number of anilines is 1. The van der Waals surface area contributed by atoms with E-state index >= 15 is 0 Å². The fraction of sp³-hybridized carbons (Fsp3) is 0.375. The third kappa shape index (κ3) is 4.17. The summed E-state index contributed by atoms with van der Waals surface area (Å²) in [5.41, 5.74) is 0.939. The predicted octanol–water partition coefficient (Wildman–Crippen LogP) is 2.74. The lowest BCUT2D eigenvalue weighted by atomic mass is 10.2. The van der Waals surface area contributed by atoms with Gasteiger partial charge in [-0.05, 0) is 25.1 Å². The molecule has 0 aliphatic carbocycles. The summed E-state index contributed by atoms with van der Waals surface area (Å²) in [6, 6.07) is 4.26. The van der Waals surface area contributed by atoms with Gasteiger partial charge in [-0.15, -0.1) is 11.3 Å². The van der Waals surface area contributed by atoms with Gasteiger partial charge in [0.1, 0.15) is 5.75 Å². The number of benzene rings is 1. The third-order valence-corrected chi connectivity index (χ3v) is 6.52. The zero-order valence-electron chi connectivity index (χ0n) is 14.6. The number of hydrogen-bond acceptors (Lipinski definition) is 6. The molecule has 0 aliphatic rings. The minimum absolute atomic E-state index is 0.0532. The Hall–Kier alpha value is -1.97. The number of ether oxygens (including phenoxy) is 1. The molecule has 136 valence electrons. The fourth-order valence-electron chi connectivity index (χ4n) is 2.31. The maximum Gasteiger partial charge on any atom is 0.261 e. The Bertz CT molecular complexity index is 858. The average Bonchev–Trinajstić information content (AvgIpc) is 2.99. The highest BCUT2D eigenvalue weighted by Gasteiger charge is 2.24. The van der Waals surface area contributed by atoms with Crippen molar-refractivity contribution in [1.82, 2.24) is 9.29 Å². The topological polar surface area (TPSA) is 88.6 Å². The van der Waals surface area contributed by atoms with Crippen molar-refractivity contribution in [1.29, 1.82) is 0 Å². The van der Waals surface area contributed by atoms with Crippen molar-refractivity contribution in [2.45, 2.75) is 25.7 Å². The van der Waals surface area contributed by atoms with Crippen molar-refractivity contribution in [2.24, 2.45) is 0 Å². The first-order valence-corrected chi connectivity index (χ1v) is 10.1. The number of carbonyl (C=O) groups is 1. The zero-order chi connectivity index (χ0) is 18.6. The SMILES string of the molecule is CCN(CC)S(=O)(=O)c1ccc(OC)c(C(=O)Nc2nc(C)cs2)c1. The molecule has 7 nitrogen and oxygen atoms in total. The lowest BCUT2D eigenvalue weighted by molar-refractivity contribution is 0.102. The number of thiazole rings is 1. The summed E-state index contributed by atoms with van der Waals surface area (Å²) in [6.07, 6.45) is 0. The molecule has 1 N–H and O–H groups in total. The van der Waals surface area contributed by atoms with Crippen LogP contribution < -0.4 is 10.1 Å². The number of carbonyl (C=O) groups excluding carboxylic acids is 1. The summed E-state index contributed by atoms with van der Waals surface area (Å²) in [5, 5.41) is 4.93. The van der Waals surface area contributed by atoms with Crippen molar-refractivity contribution in [3.05, 3.63) is 34.8 Å². The van der Waals surface area contributed by atoms with E-state index in [4.69, 9.17) is 4.74 Å². The quantitative estimate of drug-likeness (QED) is 0.794. The lowest BCUT2D eigenvalue weighted by Crippen LogP contribution is -2.30. The number of rotatable bonds is 7. The highest BCUT2D eigenvalue weighted by Crippen LogP contribution is 2.26. The fourth-order valence-corrected chi connectivity index (χ4v) is 4.48. The van der Waals surface area contributed by atoms with Crippen molar-refractivity contribution >= 4 is 32.4 Å². The highest BCUT2D eigenvalue weighted by molar-refractivity contribution is 7.89. The number of methoxy groups -OCH3 is 1. The zero-order valence-corrected chi connectivity index (χ0v) is 16.2. The van der Waals surface area contributed by atoms with Crippen molar-refractivity contribution in [3.63, 3.8) is 0 Å². The minimum atomic E-state index is -3.67. The van der Waals surface area contributed by atoms with Crippen LogP contribution in [0.2, 0.25) is 0 Å². The molecule has 0 fully saturated rings. The molecule has 0 aliphatic heterocycles. The number of nitrogens with one attached hydrogen (secondary N) is 1. The van der Waals surface area contributed by atoms with Crippen LogP contribution in [0.15, 0.2) is 28.5 Å². The van der Waals surface area contributed by atoms with Gasteiger partial charge < -0.3 is 4.74 Å². The minimum Gasteiger partial charge on any atom is -0.496 e. The Morgan fingerprint density at radius 2 is 2.00 bits per heavy atom. The van der Waals surface area contributed by atoms with E-state index in [-0.39, 0.29) is 10.5 Å². The summed E-state index contributed by atoms with van der Waals surface area (Å²) >= 11 is 1.30. The Labute approximate surface area is 151 Å².